The van der Waals surface area contributed by atoms with Crippen molar-refractivity contribution >= 4 is 28.6 Å². The van der Waals surface area contributed by atoms with Gasteiger partial charge in [-0.3, -0.25) is 14.5 Å². The highest BCUT2D eigenvalue weighted by molar-refractivity contribution is 6.21. The number of nitrogens with zero attached hydrogens (tertiary/aromatic N) is 1. The molecule has 2 amide bonds. The fraction of sp³-hybridized carbons (Fsp3) is 0.0952. The minimum Gasteiger partial charge on any atom is -0.457 e. The third-order valence-corrected chi connectivity index (χ3v) is 4.92. The first-order valence-corrected chi connectivity index (χ1v) is 8.30. The van der Waals surface area contributed by atoms with Crippen LogP contribution in [0.2, 0.25) is 0 Å². The summed E-state index contributed by atoms with van der Waals surface area (Å²) in [5.74, 6) is -0.862. The van der Waals surface area contributed by atoms with Crippen LogP contribution in [0.5, 0.6) is 0 Å². The van der Waals surface area contributed by atoms with Crippen LogP contribution in [0.3, 0.4) is 0 Å². The average Bonchev–Trinajstić information content (AvgIpc) is 3.13. The lowest BCUT2D eigenvalue weighted by atomic mass is 10.0. The topological polar surface area (TPSA) is 63.7 Å². The lowest BCUT2D eigenvalue weighted by Gasteiger charge is -2.14. The minimum absolute atomic E-state index is 0.198. The first-order valence-electron chi connectivity index (χ1n) is 8.30. The number of cyclic esters (lactones) is 1. The third-order valence-electron chi connectivity index (χ3n) is 4.92. The van der Waals surface area contributed by atoms with Gasteiger partial charge in [0.2, 0.25) is 0 Å². The molecule has 5 nitrogen and oxygen atoms in total. The van der Waals surface area contributed by atoms with Gasteiger partial charge < -0.3 is 4.74 Å². The number of imide groups is 1. The number of hydrogen-bond donors (Lipinski definition) is 0. The maximum atomic E-state index is 12.5. The van der Waals surface area contributed by atoms with Crippen LogP contribution < -0.4 is 0 Å². The summed E-state index contributed by atoms with van der Waals surface area (Å²) in [7, 11) is 0. The van der Waals surface area contributed by atoms with Crippen molar-refractivity contribution < 1.29 is 19.1 Å². The lowest BCUT2D eigenvalue weighted by molar-refractivity contribution is 0.0534. The fourth-order valence-electron chi connectivity index (χ4n) is 3.59. The zero-order valence-corrected chi connectivity index (χ0v) is 13.7. The highest BCUT2D eigenvalue weighted by Gasteiger charge is 2.35. The molecule has 3 aromatic rings. The van der Waals surface area contributed by atoms with E-state index >= 15 is 0 Å². The molecular formula is C21H13NO4. The van der Waals surface area contributed by atoms with E-state index < -0.39 is 0 Å². The summed E-state index contributed by atoms with van der Waals surface area (Å²) in [4.78, 5) is 38.1. The minimum atomic E-state index is -0.312. The summed E-state index contributed by atoms with van der Waals surface area (Å²) < 4.78 is 5.06. The summed E-state index contributed by atoms with van der Waals surface area (Å²) in [5, 5.41) is 1.88. The zero-order chi connectivity index (χ0) is 17.8. The molecule has 0 saturated heterocycles. The van der Waals surface area contributed by atoms with Gasteiger partial charge in [-0.15, -0.1) is 0 Å². The average molecular weight is 343 g/mol. The van der Waals surface area contributed by atoms with Crippen LogP contribution in [0.1, 0.15) is 42.2 Å². The van der Waals surface area contributed by atoms with Crippen molar-refractivity contribution in [2.75, 3.05) is 0 Å². The van der Waals surface area contributed by atoms with Crippen molar-refractivity contribution in [3.05, 3.63) is 82.4 Å². The molecule has 0 spiro atoms. The Bertz CT molecular complexity index is 1100. The SMILES string of the molecule is O=C1OCc2cc3ccc(CN4C(=O)c5ccccc5C4=O)cc3cc21. The molecule has 0 radical (unpaired) electrons. The monoisotopic (exact) mass is 343 g/mol. The van der Waals surface area contributed by atoms with Crippen molar-refractivity contribution in [1.82, 2.24) is 4.90 Å². The van der Waals surface area contributed by atoms with Crippen molar-refractivity contribution in [3.8, 4) is 0 Å². The van der Waals surface area contributed by atoms with Crippen LogP contribution in [0, 0.1) is 0 Å². The number of hydrogen-bond acceptors (Lipinski definition) is 4. The molecule has 2 aliphatic heterocycles. The van der Waals surface area contributed by atoms with Crippen LogP contribution in [0.25, 0.3) is 10.8 Å². The molecule has 0 aliphatic carbocycles. The number of benzene rings is 3. The van der Waals surface area contributed by atoms with Gasteiger partial charge >= 0.3 is 5.97 Å². The van der Waals surface area contributed by atoms with Crippen LogP contribution in [0.4, 0.5) is 0 Å². The molecule has 5 rings (SSSR count). The van der Waals surface area contributed by atoms with Gasteiger partial charge in [-0.1, -0.05) is 24.3 Å². The Hall–Kier alpha value is -3.47. The summed E-state index contributed by atoms with van der Waals surface area (Å²) in [6, 6.07) is 16.3. The van der Waals surface area contributed by atoms with Gasteiger partial charge in [-0.2, -0.15) is 0 Å². The molecule has 2 heterocycles. The van der Waals surface area contributed by atoms with Crippen LogP contribution in [-0.4, -0.2) is 22.7 Å². The molecule has 5 heteroatoms. The molecule has 0 unspecified atom stereocenters. The van der Waals surface area contributed by atoms with Crippen molar-refractivity contribution in [2.45, 2.75) is 13.2 Å². The van der Waals surface area contributed by atoms with Crippen LogP contribution in [-0.2, 0) is 17.9 Å². The zero-order valence-electron chi connectivity index (χ0n) is 13.7. The van der Waals surface area contributed by atoms with E-state index in [1.54, 1.807) is 24.3 Å². The summed E-state index contributed by atoms with van der Waals surface area (Å²) >= 11 is 0. The lowest BCUT2D eigenvalue weighted by Crippen LogP contribution is -2.29. The van der Waals surface area contributed by atoms with Crippen LogP contribution in [0.15, 0.2) is 54.6 Å². The highest BCUT2D eigenvalue weighted by Crippen LogP contribution is 2.28. The van der Waals surface area contributed by atoms with Gasteiger partial charge in [0.25, 0.3) is 11.8 Å². The van der Waals surface area contributed by atoms with E-state index in [4.69, 9.17) is 4.74 Å². The van der Waals surface area contributed by atoms with Gasteiger partial charge in [-0.05, 0) is 46.7 Å². The Morgan fingerprint density at radius 1 is 0.808 bits per heavy atom. The summed E-state index contributed by atoms with van der Waals surface area (Å²) in [6.45, 7) is 0.505. The van der Waals surface area contributed by atoms with Crippen molar-refractivity contribution in [1.29, 1.82) is 0 Å². The Labute approximate surface area is 148 Å². The molecule has 3 aromatic carbocycles. The number of fused-ring (bicyclic) bond motifs is 3. The second-order valence-electron chi connectivity index (χ2n) is 6.51. The highest BCUT2D eigenvalue weighted by atomic mass is 16.5. The predicted molar refractivity (Wildman–Crippen MR) is 93.7 cm³/mol. The maximum absolute atomic E-state index is 12.5. The Kier molecular flexibility index (Phi) is 3.00. The van der Waals surface area contributed by atoms with Gasteiger partial charge in [-0.25, -0.2) is 4.79 Å². The van der Waals surface area contributed by atoms with E-state index in [2.05, 4.69) is 0 Å². The Morgan fingerprint density at radius 3 is 2.27 bits per heavy atom. The van der Waals surface area contributed by atoms with Crippen molar-refractivity contribution in [3.63, 3.8) is 0 Å². The molecular weight excluding hydrogens is 330 g/mol. The largest absolute Gasteiger partial charge is 0.457 e. The predicted octanol–water partition coefficient (Wildman–Crippen LogP) is 3.31. The van der Waals surface area contributed by atoms with E-state index in [0.717, 1.165) is 21.9 Å². The molecule has 0 atom stereocenters. The number of carbonyl (C=O) groups is 3. The van der Waals surface area contributed by atoms with Gasteiger partial charge in [0, 0.05) is 5.56 Å². The second-order valence-corrected chi connectivity index (χ2v) is 6.51. The summed E-state index contributed by atoms with van der Waals surface area (Å²) in [6.07, 6.45) is 0. The number of rotatable bonds is 2. The molecule has 26 heavy (non-hydrogen) atoms. The summed E-state index contributed by atoms with van der Waals surface area (Å²) in [5.41, 5.74) is 3.18. The second kappa shape index (κ2) is 5.26. The number of esters is 1. The maximum Gasteiger partial charge on any atom is 0.338 e. The van der Waals surface area contributed by atoms with Crippen LogP contribution >= 0.6 is 0 Å². The molecule has 0 fully saturated rings. The standard InChI is InChI=1S/C21H13NO4/c23-19-16-3-1-2-4-17(16)20(24)22(19)10-12-5-6-13-8-15-11-26-21(25)18(15)9-14(13)7-12/h1-9H,10-11H2. The molecule has 0 saturated carbocycles. The Balaban J connectivity index is 1.51. The third kappa shape index (κ3) is 2.07. The van der Waals surface area contributed by atoms with E-state index in [1.165, 1.54) is 4.90 Å². The number of ether oxygens (including phenoxy) is 1. The van der Waals surface area contributed by atoms with Crippen molar-refractivity contribution in [2.24, 2.45) is 0 Å². The fourth-order valence-corrected chi connectivity index (χ4v) is 3.59. The smallest absolute Gasteiger partial charge is 0.338 e. The molecule has 0 aromatic heterocycles. The first kappa shape index (κ1) is 14.8. The normalized spacial score (nSPS) is 15.4. The van der Waals surface area contributed by atoms with Gasteiger partial charge in [0.15, 0.2) is 0 Å². The van der Waals surface area contributed by atoms with E-state index in [9.17, 15) is 14.4 Å². The van der Waals surface area contributed by atoms with E-state index in [-0.39, 0.29) is 24.3 Å². The van der Waals surface area contributed by atoms with Gasteiger partial charge in [0.1, 0.15) is 6.61 Å². The molecule has 126 valence electrons. The Morgan fingerprint density at radius 2 is 1.54 bits per heavy atom. The number of carbonyl (C=O) groups excluding carboxylic acids is 3. The van der Waals surface area contributed by atoms with E-state index in [1.807, 2.05) is 30.3 Å². The molecule has 0 N–H and O–H groups in total. The molecule has 2 aliphatic rings. The van der Waals surface area contributed by atoms with E-state index in [0.29, 0.717) is 23.3 Å². The first-order chi connectivity index (χ1) is 12.6. The van der Waals surface area contributed by atoms with Gasteiger partial charge in [0.05, 0.1) is 23.2 Å². The number of amides is 2. The quantitative estimate of drug-likeness (QED) is 0.529. The molecule has 0 bridgehead atoms.